The molecule has 1 aliphatic carbocycles. The Kier molecular flexibility index (Phi) is 6.71. The Labute approximate surface area is 180 Å². The Morgan fingerprint density at radius 2 is 1.65 bits per heavy atom. The van der Waals surface area contributed by atoms with Crippen molar-refractivity contribution in [2.45, 2.75) is 56.9 Å². The molecule has 0 heterocycles. The number of nitrogens with zero attached hydrogens (tertiary/aromatic N) is 1. The molecule has 31 heavy (non-hydrogen) atoms. The Morgan fingerprint density at radius 3 is 2.13 bits per heavy atom. The van der Waals surface area contributed by atoms with Crippen LogP contribution in [0.15, 0.2) is 54.6 Å². The van der Waals surface area contributed by atoms with Crippen molar-refractivity contribution in [2.24, 2.45) is 5.92 Å². The van der Waals surface area contributed by atoms with Gasteiger partial charge in [0.15, 0.2) is 0 Å². The minimum absolute atomic E-state index is 0.00479. The zero-order valence-corrected chi connectivity index (χ0v) is 17.5. The first-order valence-electron chi connectivity index (χ1n) is 10.3. The van der Waals surface area contributed by atoms with Crippen LogP contribution >= 0.6 is 0 Å². The van der Waals surface area contributed by atoms with Crippen LogP contribution < -0.4 is 10.6 Å². The van der Waals surface area contributed by atoms with Crippen LogP contribution in [0.1, 0.15) is 44.7 Å². The molecule has 1 aliphatic rings. The molecule has 0 aliphatic heterocycles. The Bertz CT molecular complexity index is 929. The Hall–Kier alpha value is -2.85. The molecule has 1 fully saturated rings. The first-order valence-corrected chi connectivity index (χ1v) is 10.3. The molecule has 2 aromatic rings. The van der Waals surface area contributed by atoms with Gasteiger partial charge in [-0.05, 0) is 41.9 Å². The van der Waals surface area contributed by atoms with E-state index in [0.717, 1.165) is 11.1 Å². The van der Waals surface area contributed by atoms with Crippen LogP contribution in [0.2, 0.25) is 0 Å². The quantitative estimate of drug-likeness (QED) is 0.611. The molecule has 2 atom stereocenters. The maximum absolute atomic E-state index is 14.0. The molecule has 0 saturated heterocycles. The summed E-state index contributed by atoms with van der Waals surface area (Å²) in [7, 11) is 0. The molecule has 0 aromatic heterocycles. The summed E-state index contributed by atoms with van der Waals surface area (Å²) in [5, 5.41) is 14.4. The van der Waals surface area contributed by atoms with Crippen molar-refractivity contribution in [3.05, 3.63) is 60.2 Å². The van der Waals surface area contributed by atoms with Crippen molar-refractivity contribution in [1.82, 2.24) is 10.6 Å². The molecule has 164 valence electrons. The molecule has 1 amide bonds. The number of amides is 1. The fourth-order valence-electron chi connectivity index (χ4n) is 3.51. The van der Waals surface area contributed by atoms with E-state index in [-0.39, 0.29) is 17.9 Å². The number of carbonyl (C=O) groups is 1. The SMILES string of the molecule is CC(C)C[C@H](N[C@H](c1ccc(-c2ccccc2)cc1)C(F)(F)F)C(=O)NC1(C#N)CC1. The van der Waals surface area contributed by atoms with Gasteiger partial charge < -0.3 is 5.32 Å². The second kappa shape index (κ2) is 9.11. The van der Waals surface area contributed by atoms with Crippen molar-refractivity contribution in [1.29, 1.82) is 5.26 Å². The minimum atomic E-state index is -4.59. The summed E-state index contributed by atoms with van der Waals surface area (Å²) in [6.45, 7) is 3.69. The highest BCUT2D eigenvalue weighted by Gasteiger charge is 2.47. The standard InChI is InChI=1S/C24H26F3N3O/c1-16(2)14-20(22(31)30-23(15-28)12-13-23)29-21(24(25,26)27)19-10-8-18(9-11-19)17-6-4-3-5-7-17/h3-11,16,20-21,29H,12-14H2,1-2H3,(H,30,31)/t20-,21+/m0/s1. The predicted octanol–water partition coefficient (Wildman–Crippen LogP) is 5.13. The highest BCUT2D eigenvalue weighted by atomic mass is 19.4. The van der Waals surface area contributed by atoms with Crippen LogP contribution in [0.4, 0.5) is 13.2 Å². The van der Waals surface area contributed by atoms with Crippen molar-refractivity contribution < 1.29 is 18.0 Å². The third-order valence-electron chi connectivity index (χ3n) is 5.40. The molecule has 0 bridgehead atoms. The first kappa shape index (κ1) is 22.8. The van der Waals surface area contributed by atoms with Gasteiger partial charge in [-0.3, -0.25) is 10.1 Å². The normalized spacial score (nSPS) is 16.9. The molecule has 1 saturated carbocycles. The van der Waals surface area contributed by atoms with E-state index in [1.54, 1.807) is 12.1 Å². The minimum Gasteiger partial charge on any atom is -0.336 e. The van der Waals surface area contributed by atoms with Crippen LogP contribution in [-0.2, 0) is 4.79 Å². The molecule has 3 rings (SSSR count). The van der Waals surface area contributed by atoms with Crippen molar-refractivity contribution in [3.8, 4) is 17.2 Å². The van der Waals surface area contributed by atoms with E-state index in [1.165, 1.54) is 12.1 Å². The lowest BCUT2D eigenvalue weighted by molar-refractivity contribution is -0.161. The average Bonchev–Trinajstić information content (AvgIpc) is 3.50. The fourth-order valence-corrected chi connectivity index (χ4v) is 3.51. The maximum Gasteiger partial charge on any atom is 0.407 e. The van der Waals surface area contributed by atoms with Crippen LogP contribution in [0, 0.1) is 17.2 Å². The summed E-state index contributed by atoms with van der Waals surface area (Å²) in [6, 6.07) is 14.6. The van der Waals surface area contributed by atoms with Crippen LogP contribution in [-0.4, -0.2) is 23.7 Å². The van der Waals surface area contributed by atoms with E-state index in [9.17, 15) is 23.2 Å². The fraction of sp³-hybridized carbons (Fsp3) is 0.417. The number of alkyl halides is 3. The van der Waals surface area contributed by atoms with Gasteiger partial charge in [-0.1, -0.05) is 68.4 Å². The Balaban J connectivity index is 1.83. The topological polar surface area (TPSA) is 64.9 Å². The summed E-state index contributed by atoms with van der Waals surface area (Å²) in [6.07, 6.45) is -3.32. The van der Waals surface area contributed by atoms with Gasteiger partial charge in [0.1, 0.15) is 11.6 Å². The van der Waals surface area contributed by atoms with E-state index in [1.807, 2.05) is 50.2 Å². The predicted molar refractivity (Wildman–Crippen MR) is 113 cm³/mol. The summed E-state index contributed by atoms with van der Waals surface area (Å²) in [5.41, 5.74) is 0.828. The van der Waals surface area contributed by atoms with E-state index >= 15 is 0 Å². The van der Waals surface area contributed by atoms with Crippen molar-refractivity contribution >= 4 is 5.91 Å². The molecular weight excluding hydrogens is 403 g/mol. The maximum atomic E-state index is 14.0. The number of nitrogens with one attached hydrogen (secondary N) is 2. The van der Waals surface area contributed by atoms with Crippen molar-refractivity contribution in [2.75, 3.05) is 0 Å². The van der Waals surface area contributed by atoms with Gasteiger partial charge in [-0.2, -0.15) is 18.4 Å². The molecule has 2 N–H and O–H groups in total. The molecule has 0 spiro atoms. The number of rotatable bonds is 8. The Morgan fingerprint density at radius 1 is 1.06 bits per heavy atom. The third kappa shape index (κ3) is 5.86. The number of halogens is 3. The zero-order valence-electron chi connectivity index (χ0n) is 17.5. The van der Waals surface area contributed by atoms with Crippen LogP contribution in [0.5, 0.6) is 0 Å². The summed E-state index contributed by atoms with van der Waals surface area (Å²) < 4.78 is 41.9. The van der Waals surface area contributed by atoms with Gasteiger partial charge in [0.05, 0.1) is 12.1 Å². The first-order chi connectivity index (χ1) is 14.6. The second-order valence-electron chi connectivity index (χ2n) is 8.49. The van der Waals surface area contributed by atoms with Gasteiger partial charge in [-0.15, -0.1) is 0 Å². The largest absolute Gasteiger partial charge is 0.407 e. The summed E-state index contributed by atoms with van der Waals surface area (Å²) >= 11 is 0. The highest BCUT2D eigenvalue weighted by molar-refractivity contribution is 5.83. The summed E-state index contributed by atoms with van der Waals surface area (Å²) in [4.78, 5) is 12.7. The van der Waals surface area contributed by atoms with Gasteiger partial charge in [0.25, 0.3) is 0 Å². The molecular formula is C24H26F3N3O. The number of benzene rings is 2. The number of carbonyl (C=O) groups excluding carboxylic acids is 1. The van der Waals surface area contributed by atoms with Crippen LogP contribution in [0.25, 0.3) is 11.1 Å². The lowest BCUT2D eigenvalue weighted by atomic mass is 9.97. The van der Waals surface area contributed by atoms with Gasteiger partial charge in [0.2, 0.25) is 5.91 Å². The van der Waals surface area contributed by atoms with Crippen molar-refractivity contribution in [3.63, 3.8) is 0 Å². The summed E-state index contributed by atoms with van der Waals surface area (Å²) in [5.74, 6) is -0.572. The lowest BCUT2D eigenvalue weighted by Crippen LogP contribution is -2.52. The molecule has 0 radical (unpaired) electrons. The molecule has 7 heteroatoms. The van der Waals surface area contributed by atoms with Gasteiger partial charge in [0, 0.05) is 0 Å². The molecule has 4 nitrogen and oxygen atoms in total. The monoisotopic (exact) mass is 429 g/mol. The second-order valence-corrected chi connectivity index (χ2v) is 8.49. The van der Waals surface area contributed by atoms with Gasteiger partial charge >= 0.3 is 6.18 Å². The lowest BCUT2D eigenvalue weighted by Gasteiger charge is -2.29. The number of nitriles is 1. The third-order valence-corrected chi connectivity index (χ3v) is 5.40. The van der Waals surface area contributed by atoms with E-state index in [2.05, 4.69) is 10.6 Å². The molecule has 0 unspecified atom stereocenters. The zero-order chi connectivity index (χ0) is 22.6. The van der Waals surface area contributed by atoms with Crippen LogP contribution in [0.3, 0.4) is 0 Å². The van der Waals surface area contributed by atoms with E-state index in [0.29, 0.717) is 12.8 Å². The van der Waals surface area contributed by atoms with E-state index in [4.69, 9.17) is 0 Å². The average molecular weight is 429 g/mol. The smallest absolute Gasteiger partial charge is 0.336 e. The van der Waals surface area contributed by atoms with Gasteiger partial charge in [-0.25, -0.2) is 0 Å². The molecule has 2 aromatic carbocycles. The van der Waals surface area contributed by atoms with E-state index < -0.39 is 29.7 Å². The number of hydrogen-bond acceptors (Lipinski definition) is 3. The highest BCUT2D eigenvalue weighted by Crippen LogP contribution is 2.36. The number of hydrogen-bond donors (Lipinski definition) is 2.